The van der Waals surface area contributed by atoms with Gasteiger partial charge in [0.25, 0.3) is 0 Å². The van der Waals surface area contributed by atoms with Gasteiger partial charge in [0.15, 0.2) is 0 Å². The van der Waals surface area contributed by atoms with Crippen molar-refractivity contribution in [2.75, 3.05) is 0 Å². The van der Waals surface area contributed by atoms with Crippen molar-refractivity contribution in [2.45, 2.75) is 44.4 Å². The SMILES string of the molecule is O=C(O)c1cc(C2CCCC2)c(C(=O)O)c2c1CC2. The third-order valence-corrected chi connectivity index (χ3v) is 4.44. The molecule has 0 saturated heterocycles. The normalized spacial score (nSPS) is 17.9. The summed E-state index contributed by atoms with van der Waals surface area (Å²) >= 11 is 0. The van der Waals surface area contributed by atoms with E-state index in [1.54, 1.807) is 6.07 Å². The van der Waals surface area contributed by atoms with Crippen LogP contribution in [0.5, 0.6) is 0 Å². The van der Waals surface area contributed by atoms with Crippen molar-refractivity contribution in [3.8, 4) is 0 Å². The molecule has 0 amide bonds. The number of fused-ring (bicyclic) bond motifs is 1. The first kappa shape index (κ1) is 12.2. The van der Waals surface area contributed by atoms with Crippen molar-refractivity contribution in [1.82, 2.24) is 0 Å². The largest absolute Gasteiger partial charge is 0.478 e. The zero-order valence-electron chi connectivity index (χ0n) is 10.6. The summed E-state index contributed by atoms with van der Waals surface area (Å²) in [5.74, 6) is -1.63. The number of hydrogen-bond donors (Lipinski definition) is 2. The summed E-state index contributed by atoms with van der Waals surface area (Å²) in [6.07, 6.45) is 5.52. The highest BCUT2D eigenvalue weighted by atomic mass is 16.4. The number of carboxylic acid groups (broad SMARTS) is 2. The van der Waals surface area contributed by atoms with Crippen LogP contribution in [-0.4, -0.2) is 22.2 Å². The van der Waals surface area contributed by atoms with Gasteiger partial charge in [-0.2, -0.15) is 0 Å². The van der Waals surface area contributed by atoms with Gasteiger partial charge in [-0.3, -0.25) is 0 Å². The Hall–Kier alpha value is -1.84. The van der Waals surface area contributed by atoms with Crippen molar-refractivity contribution in [1.29, 1.82) is 0 Å². The molecule has 1 fully saturated rings. The zero-order valence-corrected chi connectivity index (χ0v) is 10.6. The molecule has 0 atom stereocenters. The molecule has 1 aromatic carbocycles. The van der Waals surface area contributed by atoms with Crippen LogP contribution in [-0.2, 0) is 12.8 Å². The van der Waals surface area contributed by atoms with Crippen LogP contribution in [0.4, 0.5) is 0 Å². The number of carboxylic acids is 2. The van der Waals surface area contributed by atoms with Crippen LogP contribution < -0.4 is 0 Å². The molecule has 0 spiro atoms. The number of hydrogen-bond acceptors (Lipinski definition) is 2. The van der Waals surface area contributed by atoms with Crippen molar-refractivity contribution >= 4 is 11.9 Å². The van der Waals surface area contributed by atoms with Crippen LogP contribution in [0.2, 0.25) is 0 Å². The number of aromatic carboxylic acids is 2. The molecule has 3 rings (SSSR count). The van der Waals surface area contributed by atoms with Crippen LogP contribution in [0.3, 0.4) is 0 Å². The minimum atomic E-state index is -0.938. The lowest BCUT2D eigenvalue weighted by atomic mass is 9.76. The second-order valence-corrected chi connectivity index (χ2v) is 5.44. The van der Waals surface area contributed by atoms with E-state index in [0.29, 0.717) is 24.0 Å². The molecule has 0 radical (unpaired) electrons. The summed E-state index contributed by atoms with van der Waals surface area (Å²) in [6.45, 7) is 0. The van der Waals surface area contributed by atoms with Gasteiger partial charge in [0.1, 0.15) is 0 Å². The summed E-state index contributed by atoms with van der Waals surface area (Å²) in [5, 5.41) is 18.7. The minimum absolute atomic E-state index is 0.218. The van der Waals surface area contributed by atoms with Gasteiger partial charge in [0, 0.05) is 0 Å². The first-order chi connectivity index (χ1) is 9.09. The van der Waals surface area contributed by atoms with Crippen molar-refractivity contribution in [3.05, 3.63) is 33.9 Å². The predicted molar refractivity (Wildman–Crippen MR) is 69.0 cm³/mol. The van der Waals surface area contributed by atoms with E-state index < -0.39 is 11.9 Å². The zero-order chi connectivity index (χ0) is 13.6. The van der Waals surface area contributed by atoms with Gasteiger partial charge in [-0.15, -0.1) is 0 Å². The van der Waals surface area contributed by atoms with E-state index in [0.717, 1.165) is 42.4 Å². The van der Waals surface area contributed by atoms with Gasteiger partial charge < -0.3 is 10.2 Å². The fourth-order valence-electron chi connectivity index (χ4n) is 3.44. The highest BCUT2D eigenvalue weighted by molar-refractivity contribution is 5.97. The van der Waals surface area contributed by atoms with Gasteiger partial charge in [-0.25, -0.2) is 9.59 Å². The summed E-state index contributed by atoms with van der Waals surface area (Å²) in [6, 6.07) is 1.62. The van der Waals surface area contributed by atoms with Gasteiger partial charge in [-0.1, -0.05) is 12.8 Å². The second kappa shape index (κ2) is 4.37. The Morgan fingerprint density at radius 3 is 2.11 bits per heavy atom. The average molecular weight is 260 g/mol. The van der Waals surface area contributed by atoms with E-state index in [-0.39, 0.29) is 5.92 Å². The quantitative estimate of drug-likeness (QED) is 0.876. The number of benzene rings is 1. The van der Waals surface area contributed by atoms with E-state index in [1.165, 1.54) is 0 Å². The van der Waals surface area contributed by atoms with Crippen molar-refractivity contribution in [2.24, 2.45) is 0 Å². The van der Waals surface area contributed by atoms with Crippen LogP contribution in [0.15, 0.2) is 6.07 Å². The summed E-state index contributed by atoms with van der Waals surface area (Å²) in [5.41, 5.74) is 2.94. The molecule has 0 heterocycles. The van der Waals surface area contributed by atoms with E-state index in [9.17, 15) is 19.8 Å². The third-order valence-electron chi connectivity index (χ3n) is 4.44. The molecule has 2 aliphatic rings. The van der Waals surface area contributed by atoms with Gasteiger partial charge in [0.2, 0.25) is 0 Å². The molecule has 19 heavy (non-hydrogen) atoms. The maximum absolute atomic E-state index is 11.5. The molecule has 4 heteroatoms. The highest BCUT2D eigenvalue weighted by Crippen LogP contribution is 2.41. The lowest BCUT2D eigenvalue weighted by Crippen LogP contribution is -2.23. The first-order valence-electron chi connectivity index (χ1n) is 6.75. The van der Waals surface area contributed by atoms with Crippen LogP contribution in [0, 0.1) is 0 Å². The molecule has 1 aromatic rings. The monoisotopic (exact) mass is 260 g/mol. The van der Waals surface area contributed by atoms with E-state index in [2.05, 4.69) is 0 Å². The first-order valence-corrected chi connectivity index (χ1v) is 6.75. The van der Waals surface area contributed by atoms with Crippen LogP contribution >= 0.6 is 0 Å². The molecule has 100 valence electrons. The Bertz CT molecular complexity index is 568. The summed E-state index contributed by atoms with van der Waals surface area (Å²) < 4.78 is 0. The summed E-state index contributed by atoms with van der Waals surface area (Å²) in [7, 11) is 0. The molecular weight excluding hydrogens is 244 g/mol. The van der Waals surface area contributed by atoms with Gasteiger partial charge in [0.05, 0.1) is 11.1 Å². The van der Waals surface area contributed by atoms with E-state index >= 15 is 0 Å². The lowest BCUT2D eigenvalue weighted by molar-refractivity contribution is 0.0676. The molecule has 1 saturated carbocycles. The molecule has 0 aromatic heterocycles. The van der Waals surface area contributed by atoms with Gasteiger partial charge in [-0.05, 0) is 54.4 Å². The molecular formula is C15H16O4. The Morgan fingerprint density at radius 1 is 1.00 bits per heavy atom. The number of rotatable bonds is 3. The predicted octanol–water partition coefficient (Wildman–Crippen LogP) is 2.84. The Balaban J connectivity index is 2.20. The summed E-state index contributed by atoms with van der Waals surface area (Å²) in [4.78, 5) is 22.8. The van der Waals surface area contributed by atoms with Gasteiger partial charge >= 0.3 is 11.9 Å². The average Bonchev–Trinajstić information content (AvgIpc) is 2.82. The minimum Gasteiger partial charge on any atom is -0.478 e. The highest BCUT2D eigenvalue weighted by Gasteiger charge is 2.32. The second-order valence-electron chi connectivity index (χ2n) is 5.44. The molecule has 0 bridgehead atoms. The Kier molecular flexibility index (Phi) is 2.81. The maximum Gasteiger partial charge on any atom is 0.336 e. The number of carbonyl (C=O) groups is 2. The molecule has 2 aliphatic carbocycles. The lowest BCUT2D eigenvalue weighted by Gasteiger charge is -2.27. The fourth-order valence-corrected chi connectivity index (χ4v) is 3.44. The molecule has 4 nitrogen and oxygen atoms in total. The van der Waals surface area contributed by atoms with E-state index in [4.69, 9.17) is 0 Å². The maximum atomic E-state index is 11.5. The smallest absolute Gasteiger partial charge is 0.336 e. The van der Waals surface area contributed by atoms with Crippen LogP contribution in [0.1, 0.15) is 69.0 Å². The molecule has 0 unspecified atom stereocenters. The van der Waals surface area contributed by atoms with Crippen molar-refractivity contribution < 1.29 is 19.8 Å². The van der Waals surface area contributed by atoms with Crippen molar-refractivity contribution in [3.63, 3.8) is 0 Å². The standard InChI is InChI=1S/C15H16O4/c16-14(17)12-7-11(8-3-1-2-4-8)13(15(18)19)10-6-5-9(10)12/h7-8H,1-6H2,(H,16,17)(H,18,19). The molecule has 0 aliphatic heterocycles. The molecule has 2 N–H and O–H groups in total. The van der Waals surface area contributed by atoms with E-state index in [1.807, 2.05) is 0 Å². The Labute approximate surface area is 111 Å². The van der Waals surface area contributed by atoms with Crippen LogP contribution in [0.25, 0.3) is 0 Å². The topological polar surface area (TPSA) is 74.6 Å². The fraction of sp³-hybridized carbons (Fsp3) is 0.467. The third kappa shape index (κ3) is 1.82. The Morgan fingerprint density at radius 2 is 1.63 bits per heavy atom.